The molecule has 1 fully saturated rings. The molecule has 0 radical (unpaired) electrons. The van der Waals surface area contributed by atoms with E-state index in [2.05, 4.69) is 78.5 Å². The third-order valence-corrected chi connectivity index (χ3v) is 6.71. The molecule has 2 atom stereocenters. The van der Waals surface area contributed by atoms with E-state index in [1.165, 1.54) is 21.9 Å². The molecule has 2 unspecified atom stereocenters. The van der Waals surface area contributed by atoms with Crippen molar-refractivity contribution in [1.82, 2.24) is 20.5 Å². The van der Waals surface area contributed by atoms with Crippen LogP contribution in [-0.2, 0) is 13.0 Å². The van der Waals surface area contributed by atoms with Crippen LogP contribution >= 0.6 is 35.3 Å². The molecule has 7 heteroatoms. The molecule has 30 heavy (non-hydrogen) atoms. The Hall–Kier alpha value is -1.19. The maximum Gasteiger partial charge on any atom is 0.191 e. The van der Waals surface area contributed by atoms with E-state index in [0.717, 1.165) is 50.8 Å². The fraction of sp³-hybridized carbons (Fsp3) is 0.565. The van der Waals surface area contributed by atoms with Gasteiger partial charge in [0.15, 0.2) is 5.96 Å². The third-order valence-electron chi connectivity index (χ3n) is 5.57. The number of aliphatic imine (C=N–C) groups is 1. The fourth-order valence-corrected chi connectivity index (χ4v) is 4.82. The van der Waals surface area contributed by atoms with Gasteiger partial charge >= 0.3 is 0 Å². The first kappa shape index (κ1) is 25.1. The van der Waals surface area contributed by atoms with Crippen molar-refractivity contribution in [2.45, 2.75) is 53.1 Å². The van der Waals surface area contributed by atoms with E-state index >= 15 is 0 Å². The van der Waals surface area contributed by atoms with Gasteiger partial charge in [-0.25, -0.2) is 4.98 Å². The van der Waals surface area contributed by atoms with E-state index in [1.54, 1.807) is 11.3 Å². The lowest BCUT2D eigenvalue weighted by molar-refractivity contribution is 0.256. The second kappa shape index (κ2) is 12.6. The number of likely N-dealkylation sites (tertiary alicyclic amines) is 1. The minimum Gasteiger partial charge on any atom is -0.357 e. The Morgan fingerprint density at radius 2 is 2.00 bits per heavy atom. The summed E-state index contributed by atoms with van der Waals surface area (Å²) in [5.41, 5.74) is 2.55. The zero-order valence-electron chi connectivity index (χ0n) is 18.6. The molecule has 0 amide bonds. The monoisotopic (exact) mass is 541 g/mol. The molecule has 3 rings (SSSR count). The average molecular weight is 542 g/mol. The van der Waals surface area contributed by atoms with Crippen LogP contribution in [-0.4, -0.2) is 48.1 Å². The van der Waals surface area contributed by atoms with Crippen LogP contribution in [0.25, 0.3) is 0 Å². The third kappa shape index (κ3) is 7.50. The lowest BCUT2D eigenvalue weighted by atomic mass is 10.1. The van der Waals surface area contributed by atoms with Crippen molar-refractivity contribution in [2.24, 2.45) is 10.9 Å². The summed E-state index contributed by atoms with van der Waals surface area (Å²) in [5.74, 6) is 1.54. The highest BCUT2D eigenvalue weighted by molar-refractivity contribution is 14.0. The van der Waals surface area contributed by atoms with Gasteiger partial charge in [-0.15, -0.1) is 35.3 Å². The second-order valence-electron chi connectivity index (χ2n) is 8.01. The van der Waals surface area contributed by atoms with E-state index in [9.17, 15) is 0 Å². The predicted octanol–water partition coefficient (Wildman–Crippen LogP) is 4.39. The Labute approximate surface area is 202 Å². The zero-order valence-corrected chi connectivity index (χ0v) is 21.8. The number of nitrogens with one attached hydrogen (secondary N) is 2. The molecular weight excluding hydrogens is 505 g/mol. The SMILES string of the molecule is CCNC(=NCC1CC(C)N(Cc2ccccc2)C1)NCCc1nc(C)c(C)s1.I. The van der Waals surface area contributed by atoms with Crippen molar-refractivity contribution in [3.05, 3.63) is 51.5 Å². The van der Waals surface area contributed by atoms with Crippen LogP contribution in [0.1, 0.15) is 41.4 Å². The van der Waals surface area contributed by atoms with Crippen molar-refractivity contribution in [1.29, 1.82) is 0 Å². The number of guanidine groups is 1. The van der Waals surface area contributed by atoms with Crippen LogP contribution in [0, 0.1) is 19.8 Å². The lowest BCUT2D eigenvalue weighted by Gasteiger charge is -2.20. The van der Waals surface area contributed by atoms with Gasteiger partial charge in [0.25, 0.3) is 0 Å². The van der Waals surface area contributed by atoms with E-state index < -0.39 is 0 Å². The Balaban J connectivity index is 0.00000320. The highest BCUT2D eigenvalue weighted by Gasteiger charge is 2.28. The van der Waals surface area contributed by atoms with Gasteiger partial charge in [-0.2, -0.15) is 0 Å². The molecule has 0 bridgehead atoms. The molecule has 1 saturated heterocycles. The summed E-state index contributed by atoms with van der Waals surface area (Å²) in [6.07, 6.45) is 2.16. The summed E-state index contributed by atoms with van der Waals surface area (Å²) < 4.78 is 0. The topological polar surface area (TPSA) is 52.6 Å². The Morgan fingerprint density at radius 1 is 1.23 bits per heavy atom. The van der Waals surface area contributed by atoms with Crippen molar-refractivity contribution in [3.63, 3.8) is 0 Å². The Morgan fingerprint density at radius 3 is 2.67 bits per heavy atom. The first-order chi connectivity index (χ1) is 14.0. The molecule has 2 aromatic rings. The first-order valence-corrected chi connectivity index (χ1v) is 11.6. The summed E-state index contributed by atoms with van der Waals surface area (Å²) in [6.45, 7) is 13.4. The molecule has 0 saturated carbocycles. The summed E-state index contributed by atoms with van der Waals surface area (Å²) in [4.78, 5) is 13.4. The molecule has 2 N–H and O–H groups in total. The van der Waals surface area contributed by atoms with Gasteiger partial charge in [0.05, 0.1) is 10.7 Å². The van der Waals surface area contributed by atoms with Crippen LogP contribution in [0.15, 0.2) is 35.3 Å². The van der Waals surface area contributed by atoms with Crippen LogP contribution in [0.2, 0.25) is 0 Å². The number of halogens is 1. The van der Waals surface area contributed by atoms with Crippen LogP contribution < -0.4 is 10.6 Å². The molecular formula is C23H36IN5S. The van der Waals surface area contributed by atoms with E-state index in [1.807, 2.05) is 0 Å². The van der Waals surface area contributed by atoms with Crippen molar-refractivity contribution in [3.8, 4) is 0 Å². The summed E-state index contributed by atoms with van der Waals surface area (Å²) >= 11 is 1.80. The molecule has 1 aromatic heterocycles. The van der Waals surface area contributed by atoms with Crippen molar-refractivity contribution < 1.29 is 0 Å². The molecule has 1 aromatic carbocycles. The maximum absolute atomic E-state index is 4.88. The minimum absolute atomic E-state index is 0. The van der Waals surface area contributed by atoms with Crippen molar-refractivity contribution in [2.75, 3.05) is 26.2 Å². The van der Waals surface area contributed by atoms with Gasteiger partial charge in [-0.05, 0) is 45.6 Å². The lowest BCUT2D eigenvalue weighted by Crippen LogP contribution is -2.38. The van der Waals surface area contributed by atoms with Gasteiger partial charge < -0.3 is 10.6 Å². The highest BCUT2D eigenvalue weighted by Crippen LogP contribution is 2.25. The van der Waals surface area contributed by atoms with E-state index in [4.69, 9.17) is 4.99 Å². The van der Waals surface area contributed by atoms with E-state index in [0.29, 0.717) is 12.0 Å². The van der Waals surface area contributed by atoms with Gasteiger partial charge in [0.2, 0.25) is 0 Å². The van der Waals surface area contributed by atoms with Crippen LogP contribution in [0.5, 0.6) is 0 Å². The molecule has 166 valence electrons. The predicted molar refractivity (Wildman–Crippen MR) is 139 cm³/mol. The molecule has 2 heterocycles. The molecule has 1 aliphatic heterocycles. The van der Waals surface area contributed by atoms with Gasteiger partial charge in [-0.3, -0.25) is 9.89 Å². The van der Waals surface area contributed by atoms with Gasteiger partial charge in [0, 0.05) is 50.1 Å². The largest absolute Gasteiger partial charge is 0.357 e. The normalized spacial score (nSPS) is 19.5. The Bertz CT molecular complexity index is 773. The number of benzene rings is 1. The van der Waals surface area contributed by atoms with E-state index in [-0.39, 0.29) is 24.0 Å². The van der Waals surface area contributed by atoms with Gasteiger partial charge in [-0.1, -0.05) is 30.3 Å². The van der Waals surface area contributed by atoms with Crippen LogP contribution in [0.3, 0.4) is 0 Å². The maximum atomic E-state index is 4.88. The number of aryl methyl sites for hydroxylation is 2. The quantitative estimate of drug-likeness (QED) is 0.296. The highest BCUT2D eigenvalue weighted by atomic mass is 127. The molecule has 0 aliphatic carbocycles. The van der Waals surface area contributed by atoms with Crippen molar-refractivity contribution >= 4 is 41.3 Å². The zero-order chi connectivity index (χ0) is 20.6. The number of thiazole rings is 1. The number of rotatable bonds is 8. The second-order valence-corrected chi connectivity index (χ2v) is 9.30. The fourth-order valence-electron chi connectivity index (χ4n) is 3.88. The summed E-state index contributed by atoms with van der Waals surface area (Å²) in [5, 5.41) is 8.05. The number of nitrogens with zero attached hydrogens (tertiary/aromatic N) is 3. The first-order valence-electron chi connectivity index (χ1n) is 10.8. The number of aromatic nitrogens is 1. The standard InChI is InChI=1S/C23H35N5S.HI/c1-5-24-23(25-12-11-22-27-18(3)19(4)29-22)26-14-21-13-17(2)28(16-21)15-20-9-7-6-8-10-20;/h6-10,17,21H,5,11-16H2,1-4H3,(H2,24,25,26);1H. The number of hydrogen-bond acceptors (Lipinski definition) is 4. The summed E-state index contributed by atoms with van der Waals surface area (Å²) in [6, 6.07) is 11.4. The summed E-state index contributed by atoms with van der Waals surface area (Å²) in [7, 11) is 0. The van der Waals surface area contributed by atoms with Gasteiger partial charge in [0.1, 0.15) is 0 Å². The smallest absolute Gasteiger partial charge is 0.191 e. The number of hydrogen-bond donors (Lipinski definition) is 2. The van der Waals surface area contributed by atoms with Crippen LogP contribution in [0.4, 0.5) is 0 Å². The Kier molecular flexibility index (Phi) is 10.5. The molecule has 0 spiro atoms. The molecule has 5 nitrogen and oxygen atoms in total. The molecule has 1 aliphatic rings. The average Bonchev–Trinajstić information content (AvgIpc) is 3.22. The minimum atomic E-state index is 0.